The fourth-order valence-corrected chi connectivity index (χ4v) is 3.62. The van der Waals surface area contributed by atoms with Crippen LogP contribution in [-0.4, -0.2) is 28.6 Å². The lowest BCUT2D eigenvalue weighted by Gasteiger charge is -2.13. The second-order valence-electron chi connectivity index (χ2n) is 8.19. The number of nitrogens with zero attached hydrogens (tertiary/aromatic N) is 2. The van der Waals surface area contributed by atoms with Gasteiger partial charge < -0.3 is 9.47 Å². The summed E-state index contributed by atoms with van der Waals surface area (Å²) < 4.78 is 10.6. The second-order valence-corrected chi connectivity index (χ2v) is 8.19. The molecule has 0 aliphatic rings. The van der Waals surface area contributed by atoms with Crippen molar-refractivity contribution in [3.05, 3.63) is 66.5 Å². The van der Waals surface area contributed by atoms with Crippen LogP contribution in [0.25, 0.3) is 22.5 Å². The Morgan fingerprint density at radius 3 is 2.09 bits per heavy atom. The summed E-state index contributed by atoms with van der Waals surface area (Å²) in [4.78, 5) is 20.8. The van der Waals surface area contributed by atoms with Crippen molar-refractivity contribution in [1.29, 1.82) is 0 Å². The van der Waals surface area contributed by atoms with Gasteiger partial charge in [0.25, 0.3) is 0 Å². The molecular formula is C28H34N2O3. The van der Waals surface area contributed by atoms with E-state index >= 15 is 0 Å². The molecule has 0 saturated carbocycles. The van der Waals surface area contributed by atoms with Gasteiger partial charge in [-0.25, -0.2) is 14.8 Å². The molecule has 1 atom stereocenters. The minimum atomic E-state index is -0.647. The Hall–Kier alpha value is -3.21. The smallest absolute Gasteiger partial charge is 0.347 e. The number of ether oxygens (including phenoxy) is 2. The molecule has 0 saturated heterocycles. The number of hydrogen-bond acceptors (Lipinski definition) is 5. The first-order chi connectivity index (χ1) is 16.1. The van der Waals surface area contributed by atoms with Crippen molar-refractivity contribution in [3.8, 4) is 28.3 Å². The van der Waals surface area contributed by atoms with E-state index in [-0.39, 0.29) is 5.97 Å². The molecule has 0 spiro atoms. The molecule has 0 aliphatic carbocycles. The maximum Gasteiger partial charge on any atom is 0.347 e. The first kappa shape index (κ1) is 24.4. The molecule has 3 aromatic rings. The van der Waals surface area contributed by atoms with Crippen molar-refractivity contribution in [3.63, 3.8) is 0 Å². The van der Waals surface area contributed by atoms with E-state index in [9.17, 15) is 4.79 Å². The Labute approximate surface area is 197 Å². The van der Waals surface area contributed by atoms with Crippen molar-refractivity contribution in [1.82, 2.24) is 9.97 Å². The third kappa shape index (κ3) is 7.41. The number of benzene rings is 2. The van der Waals surface area contributed by atoms with Gasteiger partial charge in [0.05, 0.1) is 6.61 Å². The molecule has 5 heteroatoms. The van der Waals surface area contributed by atoms with Gasteiger partial charge in [0, 0.05) is 23.5 Å². The van der Waals surface area contributed by atoms with Gasteiger partial charge in [-0.15, -0.1) is 0 Å². The van der Waals surface area contributed by atoms with Gasteiger partial charge in [0.1, 0.15) is 5.75 Å². The molecule has 1 heterocycles. The summed E-state index contributed by atoms with van der Waals surface area (Å²) in [6.45, 7) is 6.04. The molecule has 1 aromatic heterocycles. The van der Waals surface area contributed by atoms with Crippen LogP contribution in [-0.2, 0) is 16.0 Å². The van der Waals surface area contributed by atoms with Crippen LogP contribution >= 0.6 is 0 Å². The van der Waals surface area contributed by atoms with Crippen LogP contribution in [0.4, 0.5) is 0 Å². The third-order valence-electron chi connectivity index (χ3n) is 5.55. The van der Waals surface area contributed by atoms with E-state index in [1.54, 1.807) is 13.8 Å². The molecule has 0 N–H and O–H groups in total. The first-order valence-corrected chi connectivity index (χ1v) is 12.0. The first-order valence-electron chi connectivity index (χ1n) is 12.0. The van der Waals surface area contributed by atoms with E-state index in [0.29, 0.717) is 12.4 Å². The van der Waals surface area contributed by atoms with Crippen LogP contribution in [0.5, 0.6) is 5.75 Å². The van der Waals surface area contributed by atoms with Crippen molar-refractivity contribution in [2.75, 3.05) is 6.61 Å². The molecule has 33 heavy (non-hydrogen) atoms. The Bertz CT molecular complexity index is 983. The number of hydrogen-bond donors (Lipinski definition) is 0. The van der Waals surface area contributed by atoms with Crippen LogP contribution in [0.1, 0.15) is 58.4 Å². The molecule has 0 bridgehead atoms. The van der Waals surface area contributed by atoms with Crippen molar-refractivity contribution < 1.29 is 14.3 Å². The summed E-state index contributed by atoms with van der Waals surface area (Å²) in [5, 5.41) is 0. The molecule has 0 fully saturated rings. The Morgan fingerprint density at radius 1 is 0.818 bits per heavy atom. The summed E-state index contributed by atoms with van der Waals surface area (Å²) in [5.74, 6) is 0.962. The average Bonchev–Trinajstić information content (AvgIpc) is 2.85. The molecule has 1 unspecified atom stereocenters. The number of esters is 1. The lowest BCUT2D eigenvalue weighted by atomic mass is 10.0. The van der Waals surface area contributed by atoms with Crippen LogP contribution in [0.3, 0.4) is 0 Å². The van der Waals surface area contributed by atoms with Crippen molar-refractivity contribution in [2.45, 2.75) is 65.4 Å². The quantitative estimate of drug-likeness (QED) is 0.230. The number of unbranched alkanes of at least 4 members (excludes halogenated alkanes) is 4. The lowest BCUT2D eigenvalue weighted by molar-refractivity contribution is -0.150. The lowest BCUT2D eigenvalue weighted by Crippen LogP contribution is -2.25. The van der Waals surface area contributed by atoms with Crippen LogP contribution in [0, 0.1) is 0 Å². The monoisotopic (exact) mass is 446 g/mol. The minimum absolute atomic E-state index is 0.338. The van der Waals surface area contributed by atoms with E-state index in [4.69, 9.17) is 9.47 Å². The molecule has 2 aromatic carbocycles. The average molecular weight is 447 g/mol. The van der Waals surface area contributed by atoms with E-state index in [0.717, 1.165) is 28.9 Å². The standard InChI is InChI=1S/C28H34N2O3/c1-4-6-7-8-9-10-22-11-13-24(14-12-22)27-29-19-25(20-30-27)23-15-17-26(18-16-23)33-21(3)28(31)32-5-2/h11-21H,4-10H2,1-3H3. The molecular weight excluding hydrogens is 412 g/mol. The van der Waals surface area contributed by atoms with Gasteiger partial charge in [-0.05, 0) is 49.9 Å². The third-order valence-corrected chi connectivity index (χ3v) is 5.55. The van der Waals surface area contributed by atoms with E-state index < -0.39 is 6.10 Å². The highest BCUT2D eigenvalue weighted by Crippen LogP contribution is 2.24. The normalized spacial score (nSPS) is 11.7. The summed E-state index contributed by atoms with van der Waals surface area (Å²) in [6, 6.07) is 16.1. The predicted octanol–water partition coefficient (Wildman–Crippen LogP) is 6.65. The molecule has 174 valence electrons. The maximum atomic E-state index is 11.7. The fourth-order valence-electron chi connectivity index (χ4n) is 3.62. The molecule has 0 aliphatic heterocycles. The fraction of sp³-hybridized carbons (Fsp3) is 0.393. The van der Waals surface area contributed by atoms with Gasteiger partial charge >= 0.3 is 5.97 Å². The van der Waals surface area contributed by atoms with Crippen molar-refractivity contribution >= 4 is 5.97 Å². The number of aromatic nitrogens is 2. The Balaban J connectivity index is 1.57. The highest BCUT2D eigenvalue weighted by Gasteiger charge is 2.15. The van der Waals surface area contributed by atoms with Crippen molar-refractivity contribution in [2.24, 2.45) is 0 Å². The largest absolute Gasteiger partial charge is 0.479 e. The second kappa shape index (κ2) is 12.7. The Morgan fingerprint density at radius 2 is 1.45 bits per heavy atom. The van der Waals surface area contributed by atoms with Gasteiger partial charge in [-0.1, -0.05) is 69.0 Å². The summed E-state index contributed by atoms with van der Waals surface area (Å²) in [5.41, 5.74) is 4.29. The highest BCUT2D eigenvalue weighted by atomic mass is 16.6. The summed E-state index contributed by atoms with van der Waals surface area (Å²) in [7, 11) is 0. The number of carbonyl (C=O) groups is 1. The zero-order valence-corrected chi connectivity index (χ0v) is 19.9. The Kier molecular flexibility index (Phi) is 9.43. The van der Waals surface area contributed by atoms with E-state index in [1.165, 1.54) is 37.7 Å². The van der Waals surface area contributed by atoms with Gasteiger partial charge in [0.2, 0.25) is 0 Å². The zero-order valence-electron chi connectivity index (χ0n) is 19.9. The topological polar surface area (TPSA) is 61.3 Å². The van der Waals surface area contributed by atoms with Gasteiger partial charge in [-0.2, -0.15) is 0 Å². The minimum Gasteiger partial charge on any atom is -0.479 e. The number of aryl methyl sites for hydroxylation is 1. The molecule has 3 rings (SSSR count). The summed E-state index contributed by atoms with van der Waals surface area (Å²) in [6.07, 6.45) is 10.6. The van der Waals surface area contributed by atoms with Crippen LogP contribution < -0.4 is 4.74 Å². The number of carbonyl (C=O) groups excluding carboxylic acids is 1. The molecule has 0 amide bonds. The SMILES string of the molecule is CCCCCCCc1ccc(-c2ncc(-c3ccc(OC(C)C(=O)OCC)cc3)cn2)cc1. The predicted molar refractivity (Wildman–Crippen MR) is 132 cm³/mol. The molecule has 0 radical (unpaired) electrons. The van der Waals surface area contributed by atoms with E-state index in [2.05, 4.69) is 41.2 Å². The van der Waals surface area contributed by atoms with Gasteiger partial charge in [0.15, 0.2) is 11.9 Å². The number of rotatable bonds is 12. The van der Waals surface area contributed by atoms with Gasteiger partial charge in [-0.3, -0.25) is 0 Å². The highest BCUT2D eigenvalue weighted by molar-refractivity contribution is 5.74. The maximum absolute atomic E-state index is 11.7. The zero-order chi connectivity index (χ0) is 23.5. The van der Waals surface area contributed by atoms with Crippen LogP contribution in [0.15, 0.2) is 60.9 Å². The molecule has 5 nitrogen and oxygen atoms in total. The van der Waals surface area contributed by atoms with E-state index in [1.807, 2.05) is 36.7 Å². The summed E-state index contributed by atoms with van der Waals surface area (Å²) >= 11 is 0. The van der Waals surface area contributed by atoms with Crippen LogP contribution in [0.2, 0.25) is 0 Å².